The summed E-state index contributed by atoms with van der Waals surface area (Å²) in [7, 11) is -3.31. The van der Waals surface area contributed by atoms with Gasteiger partial charge in [0.1, 0.15) is 5.84 Å². The molecule has 1 heterocycles. The molecule has 9 heavy (non-hydrogen) atoms. The summed E-state index contributed by atoms with van der Waals surface area (Å²) < 4.78 is 20.9. The quantitative estimate of drug-likeness (QED) is 0.447. The molecule has 5 nitrogen and oxygen atoms in total. The van der Waals surface area contributed by atoms with Gasteiger partial charge in [0, 0.05) is 0 Å². The van der Waals surface area contributed by atoms with E-state index in [4.69, 9.17) is 5.73 Å². The topological polar surface area (TPSA) is 84.5 Å². The van der Waals surface area contributed by atoms with Crippen molar-refractivity contribution in [2.75, 3.05) is 0 Å². The molecule has 0 saturated carbocycles. The molecule has 50 valence electrons. The van der Waals surface area contributed by atoms with E-state index in [0.717, 1.165) is 5.41 Å². The summed E-state index contributed by atoms with van der Waals surface area (Å²) >= 11 is 0. The zero-order valence-electron chi connectivity index (χ0n) is 4.40. The van der Waals surface area contributed by atoms with Gasteiger partial charge in [-0.3, -0.25) is 0 Å². The molecule has 3 N–H and O–H groups in total. The van der Waals surface area contributed by atoms with Crippen LogP contribution >= 0.6 is 0 Å². The molecule has 0 aromatic heterocycles. The number of sulfonamides is 1. The summed E-state index contributed by atoms with van der Waals surface area (Å²) in [6.45, 7) is 0. The van der Waals surface area contributed by atoms with Gasteiger partial charge in [-0.25, -0.2) is 8.42 Å². The van der Waals surface area contributed by atoms with Crippen molar-refractivity contribution >= 4 is 15.9 Å². The lowest BCUT2D eigenvalue weighted by molar-refractivity contribution is 0.593. The summed E-state index contributed by atoms with van der Waals surface area (Å²) in [6.07, 6.45) is 1.21. The molecule has 0 bridgehead atoms. The van der Waals surface area contributed by atoms with E-state index in [-0.39, 0.29) is 5.84 Å². The van der Waals surface area contributed by atoms with Crippen LogP contribution in [0, 0.1) is 0 Å². The number of amidine groups is 1. The molecule has 0 aromatic rings. The Bertz CT molecular complexity index is 263. The molecule has 0 unspecified atom stereocenters. The number of nitrogens with two attached hydrogens (primary N) is 1. The van der Waals surface area contributed by atoms with Gasteiger partial charge in [-0.2, -0.15) is 4.83 Å². The van der Waals surface area contributed by atoms with E-state index in [1.807, 2.05) is 4.83 Å². The molecule has 1 rings (SSSR count). The molecule has 0 aromatic carbocycles. The number of nitrogens with one attached hydrogen (secondary N) is 1. The lowest BCUT2D eigenvalue weighted by Crippen LogP contribution is -2.24. The van der Waals surface area contributed by atoms with Crippen LogP contribution in [0.15, 0.2) is 16.6 Å². The fourth-order valence-corrected chi connectivity index (χ4v) is 0.955. The van der Waals surface area contributed by atoms with Crippen molar-refractivity contribution in [1.82, 2.24) is 4.83 Å². The van der Waals surface area contributed by atoms with E-state index >= 15 is 0 Å². The molecule has 0 amide bonds. The van der Waals surface area contributed by atoms with E-state index < -0.39 is 10.0 Å². The number of rotatable bonds is 0. The van der Waals surface area contributed by atoms with Crippen LogP contribution < -0.4 is 10.6 Å². The minimum absolute atomic E-state index is 0.157. The third-order valence-corrected chi connectivity index (χ3v) is 1.56. The van der Waals surface area contributed by atoms with Crippen LogP contribution in [0.5, 0.6) is 0 Å². The van der Waals surface area contributed by atoms with E-state index in [9.17, 15) is 8.42 Å². The minimum Gasteiger partial charge on any atom is -0.382 e. The van der Waals surface area contributed by atoms with Crippen molar-refractivity contribution in [2.45, 2.75) is 0 Å². The maximum Gasteiger partial charge on any atom is 0.269 e. The van der Waals surface area contributed by atoms with Gasteiger partial charge in [-0.15, -0.1) is 5.10 Å². The van der Waals surface area contributed by atoms with Crippen molar-refractivity contribution < 1.29 is 8.42 Å². The predicted octanol–water partition coefficient (Wildman–Crippen LogP) is -1.29. The molecule has 6 heteroatoms. The molecule has 0 radical (unpaired) electrons. The van der Waals surface area contributed by atoms with Crippen molar-refractivity contribution in [2.24, 2.45) is 10.8 Å². The van der Waals surface area contributed by atoms with Crippen molar-refractivity contribution in [3.05, 3.63) is 11.5 Å². The molecular weight excluding hydrogens is 142 g/mol. The van der Waals surface area contributed by atoms with Crippen LogP contribution in [-0.4, -0.2) is 14.3 Å². The maximum absolute atomic E-state index is 10.4. The van der Waals surface area contributed by atoms with E-state index in [0.29, 0.717) is 0 Å². The van der Waals surface area contributed by atoms with Gasteiger partial charge < -0.3 is 5.73 Å². The lowest BCUT2D eigenvalue weighted by atomic mass is 10.6. The molecule has 1 aliphatic rings. The highest BCUT2D eigenvalue weighted by Gasteiger charge is 2.06. The van der Waals surface area contributed by atoms with Crippen LogP contribution in [0.3, 0.4) is 0 Å². The van der Waals surface area contributed by atoms with Gasteiger partial charge in [0.2, 0.25) is 0 Å². The monoisotopic (exact) mass is 147 g/mol. The van der Waals surface area contributed by atoms with E-state index in [1.54, 1.807) is 0 Å². The normalized spacial score (nSPS) is 22.4. The highest BCUT2D eigenvalue weighted by atomic mass is 32.2. The third-order valence-electron chi connectivity index (χ3n) is 0.720. The second-order valence-electron chi connectivity index (χ2n) is 1.48. The number of hydrazone groups is 1. The van der Waals surface area contributed by atoms with Gasteiger partial charge in [0.05, 0.1) is 5.41 Å². The molecule has 1 aliphatic heterocycles. The van der Waals surface area contributed by atoms with Gasteiger partial charge in [0.15, 0.2) is 0 Å². The number of hydrogen-bond acceptors (Lipinski definition) is 4. The van der Waals surface area contributed by atoms with Crippen molar-refractivity contribution in [1.29, 1.82) is 0 Å². The zero-order chi connectivity index (χ0) is 6.91. The summed E-state index contributed by atoms with van der Waals surface area (Å²) in [5, 5.41) is 4.21. The van der Waals surface area contributed by atoms with Crippen molar-refractivity contribution in [3.8, 4) is 0 Å². The lowest BCUT2D eigenvalue weighted by Gasteiger charge is -2.01. The average Bonchev–Trinajstić information content (AvgIpc) is 1.78. The van der Waals surface area contributed by atoms with Crippen LogP contribution in [-0.2, 0) is 10.0 Å². The molecule has 0 spiro atoms. The first-order valence-corrected chi connectivity index (χ1v) is 3.68. The predicted molar refractivity (Wildman–Crippen MR) is 32.8 cm³/mol. The van der Waals surface area contributed by atoms with Crippen LogP contribution in [0.1, 0.15) is 0 Å². The summed E-state index contributed by atoms with van der Waals surface area (Å²) in [5.74, 6) is 0.157. The summed E-state index contributed by atoms with van der Waals surface area (Å²) in [4.78, 5) is 1.86. The first-order valence-electron chi connectivity index (χ1n) is 2.13. The van der Waals surface area contributed by atoms with Gasteiger partial charge in [0.25, 0.3) is 10.0 Å². The van der Waals surface area contributed by atoms with E-state index in [2.05, 4.69) is 5.10 Å². The molecular formula is C3H5N3O2S. The van der Waals surface area contributed by atoms with Crippen LogP contribution in [0.25, 0.3) is 0 Å². The third kappa shape index (κ3) is 1.43. The number of nitrogens with zero attached hydrogens (tertiary/aromatic N) is 1. The van der Waals surface area contributed by atoms with Gasteiger partial charge in [-0.05, 0) is 6.08 Å². The average molecular weight is 147 g/mol. The summed E-state index contributed by atoms with van der Waals surface area (Å²) in [5.41, 5.74) is 5.09. The smallest absolute Gasteiger partial charge is 0.269 e. The Labute approximate surface area is 52.3 Å². The Balaban J connectivity index is 2.95. The second kappa shape index (κ2) is 1.73. The zero-order valence-corrected chi connectivity index (χ0v) is 5.22. The SMILES string of the molecule is NC1=NNS(=O)(=O)C=C1. The van der Waals surface area contributed by atoms with Crippen LogP contribution in [0.4, 0.5) is 0 Å². The Kier molecular flexibility index (Phi) is 1.17. The van der Waals surface area contributed by atoms with Crippen LogP contribution in [0.2, 0.25) is 0 Å². The Morgan fingerprint density at radius 1 is 1.67 bits per heavy atom. The Hall–Kier alpha value is -1.04. The first kappa shape index (κ1) is 6.09. The molecule has 0 aliphatic carbocycles. The largest absolute Gasteiger partial charge is 0.382 e. The molecule has 0 atom stereocenters. The van der Waals surface area contributed by atoms with E-state index in [1.165, 1.54) is 6.08 Å². The Morgan fingerprint density at radius 3 is 2.67 bits per heavy atom. The standard InChI is InChI=1S/C3H5N3O2S/c4-3-1-2-9(7,8)6-5-3/h1-2,6H,(H2,4,5). The molecule has 0 fully saturated rings. The van der Waals surface area contributed by atoms with Gasteiger partial charge in [-0.1, -0.05) is 0 Å². The first-order chi connectivity index (χ1) is 4.10. The minimum atomic E-state index is -3.31. The highest BCUT2D eigenvalue weighted by Crippen LogP contribution is 1.91. The maximum atomic E-state index is 10.4. The number of hydrogen-bond donors (Lipinski definition) is 2. The van der Waals surface area contributed by atoms with Gasteiger partial charge >= 0.3 is 0 Å². The van der Waals surface area contributed by atoms with Crippen molar-refractivity contribution in [3.63, 3.8) is 0 Å². The summed E-state index contributed by atoms with van der Waals surface area (Å²) in [6, 6.07) is 0. The molecule has 0 saturated heterocycles. The highest BCUT2D eigenvalue weighted by molar-refractivity contribution is 7.92. The fourth-order valence-electron chi connectivity index (χ4n) is 0.343. The Morgan fingerprint density at radius 2 is 2.33 bits per heavy atom. The second-order valence-corrected chi connectivity index (χ2v) is 3.02. The fraction of sp³-hybridized carbons (Fsp3) is 0.